The van der Waals surface area contributed by atoms with Crippen LogP contribution in [0, 0.1) is 5.82 Å². The van der Waals surface area contributed by atoms with Crippen molar-refractivity contribution in [3.63, 3.8) is 0 Å². The highest BCUT2D eigenvalue weighted by Crippen LogP contribution is 2.16. The Labute approximate surface area is 73.7 Å². The second kappa shape index (κ2) is 3.02. The molecular formula is C8H7FN2O2. The van der Waals surface area contributed by atoms with E-state index in [0.717, 1.165) is 0 Å². The lowest BCUT2D eigenvalue weighted by Crippen LogP contribution is -2.26. The Morgan fingerprint density at radius 1 is 1.31 bits per heavy atom. The van der Waals surface area contributed by atoms with Gasteiger partial charge in [0, 0.05) is 5.56 Å². The molecule has 1 aliphatic rings. The van der Waals surface area contributed by atoms with Crippen LogP contribution in [0.5, 0.6) is 0 Å². The molecule has 1 saturated heterocycles. The van der Waals surface area contributed by atoms with Crippen LogP contribution in [-0.2, 0) is 4.74 Å². The Bertz CT molecular complexity index is 325. The molecule has 1 aliphatic heterocycles. The Balaban J connectivity index is 2.17. The van der Waals surface area contributed by atoms with Crippen molar-refractivity contribution in [2.75, 3.05) is 0 Å². The van der Waals surface area contributed by atoms with E-state index in [2.05, 4.69) is 10.9 Å². The summed E-state index contributed by atoms with van der Waals surface area (Å²) in [6.45, 7) is 0. The molecule has 1 aromatic rings. The molecule has 0 radical (unpaired) electrons. The summed E-state index contributed by atoms with van der Waals surface area (Å²) >= 11 is 0. The first-order chi connectivity index (χ1) is 6.25. The number of cyclic esters (lactones) is 1. The quantitative estimate of drug-likeness (QED) is 0.683. The minimum absolute atomic E-state index is 0.318. The van der Waals surface area contributed by atoms with Crippen LogP contribution < -0.4 is 10.9 Å². The van der Waals surface area contributed by atoms with Crippen molar-refractivity contribution < 1.29 is 13.9 Å². The molecule has 0 bridgehead atoms. The molecule has 1 aromatic carbocycles. The van der Waals surface area contributed by atoms with Gasteiger partial charge < -0.3 is 4.74 Å². The van der Waals surface area contributed by atoms with Crippen LogP contribution in [0.4, 0.5) is 9.18 Å². The molecule has 0 spiro atoms. The normalized spacial score (nSPS) is 21.0. The van der Waals surface area contributed by atoms with Gasteiger partial charge in [0.2, 0.25) is 0 Å². The second-order valence-corrected chi connectivity index (χ2v) is 2.61. The molecule has 1 unspecified atom stereocenters. The third-order valence-corrected chi connectivity index (χ3v) is 1.70. The number of hydrogen-bond donors (Lipinski definition) is 2. The first kappa shape index (κ1) is 8.00. The van der Waals surface area contributed by atoms with Crippen molar-refractivity contribution >= 4 is 6.09 Å². The Hall–Kier alpha value is -1.62. The summed E-state index contributed by atoms with van der Waals surface area (Å²) in [6.07, 6.45) is -1.07. The van der Waals surface area contributed by atoms with E-state index in [1.54, 1.807) is 12.1 Å². The molecule has 1 fully saturated rings. The fraction of sp³-hybridized carbons (Fsp3) is 0.125. The molecule has 0 aliphatic carbocycles. The van der Waals surface area contributed by atoms with E-state index in [-0.39, 0.29) is 5.82 Å². The SMILES string of the molecule is O=C1NNC(c2ccc(F)cc2)O1. The zero-order valence-electron chi connectivity index (χ0n) is 6.58. The summed E-state index contributed by atoms with van der Waals surface area (Å²) < 4.78 is 17.3. The van der Waals surface area contributed by atoms with Gasteiger partial charge in [-0.15, -0.1) is 0 Å². The van der Waals surface area contributed by atoms with Crippen LogP contribution in [-0.4, -0.2) is 6.09 Å². The topological polar surface area (TPSA) is 50.4 Å². The molecule has 5 heteroatoms. The third-order valence-electron chi connectivity index (χ3n) is 1.70. The molecule has 1 atom stereocenters. The van der Waals surface area contributed by atoms with Crippen molar-refractivity contribution in [2.45, 2.75) is 6.23 Å². The monoisotopic (exact) mass is 182 g/mol. The number of halogens is 1. The van der Waals surface area contributed by atoms with Crippen molar-refractivity contribution in [2.24, 2.45) is 0 Å². The highest BCUT2D eigenvalue weighted by atomic mass is 19.1. The number of carbonyl (C=O) groups excluding carboxylic acids is 1. The van der Waals surface area contributed by atoms with Crippen molar-refractivity contribution in [1.82, 2.24) is 10.9 Å². The number of amides is 1. The smallest absolute Gasteiger partial charge is 0.423 e. The summed E-state index contributed by atoms with van der Waals surface area (Å²) in [4.78, 5) is 10.6. The molecule has 4 nitrogen and oxygen atoms in total. The zero-order valence-corrected chi connectivity index (χ0v) is 6.58. The van der Waals surface area contributed by atoms with Gasteiger partial charge in [-0.05, 0) is 12.1 Å². The lowest BCUT2D eigenvalue weighted by Gasteiger charge is -2.06. The van der Waals surface area contributed by atoms with Gasteiger partial charge in [-0.2, -0.15) is 5.43 Å². The van der Waals surface area contributed by atoms with E-state index < -0.39 is 12.3 Å². The minimum Gasteiger partial charge on any atom is -0.423 e. The number of benzene rings is 1. The lowest BCUT2D eigenvalue weighted by atomic mass is 10.2. The predicted molar refractivity (Wildman–Crippen MR) is 41.9 cm³/mol. The highest BCUT2D eigenvalue weighted by molar-refractivity contribution is 5.68. The maximum absolute atomic E-state index is 12.5. The Morgan fingerprint density at radius 2 is 2.00 bits per heavy atom. The van der Waals surface area contributed by atoms with E-state index >= 15 is 0 Å². The summed E-state index contributed by atoms with van der Waals surface area (Å²) in [5, 5.41) is 0. The molecule has 68 valence electrons. The molecule has 13 heavy (non-hydrogen) atoms. The van der Waals surface area contributed by atoms with Crippen LogP contribution in [0.25, 0.3) is 0 Å². The first-order valence-electron chi connectivity index (χ1n) is 3.73. The molecule has 0 aromatic heterocycles. The number of carbonyl (C=O) groups is 1. The number of ether oxygens (including phenoxy) is 1. The zero-order chi connectivity index (χ0) is 9.26. The van der Waals surface area contributed by atoms with Gasteiger partial charge in [0.05, 0.1) is 0 Å². The van der Waals surface area contributed by atoms with E-state index in [0.29, 0.717) is 5.56 Å². The maximum Gasteiger partial charge on any atom is 0.423 e. The van der Waals surface area contributed by atoms with Crippen molar-refractivity contribution in [3.8, 4) is 0 Å². The van der Waals surface area contributed by atoms with Crippen LogP contribution >= 0.6 is 0 Å². The molecule has 1 heterocycles. The van der Waals surface area contributed by atoms with Gasteiger partial charge in [-0.25, -0.2) is 9.18 Å². The van der Waals surface area contributed by atoms with Crippen LogP contribution in [0.1, 0.15) is 11.8 Å². The van der Waals surface area contributed by atoms with Gasteiger partial charge in [0.15, 0.2) is 6.23 Å². The standard InChI is InChI=1S/C8H7FN2O2/c9-6-3-1-5(2-4-6)7-10-11-8(12)13-7/h1-4,7,10H,(H,11,12). The van der Waals surface area contributed by atoms with Crippen LogP contribution in [0.15, 0.2) is 24.3 Å². The van der Waals surface area contributed by atoms with E-state index in [4.69, 9.17) is 4.74 Å². The van der Waals surface area contributed by atoms with Crippen LogP contribution in [0.3, 0.4) is 0 Å². The number of rotatable bonds is 1. The van der Waals surface area contributed by atoms with E-state index in [1.165, 1.54) is 12.1 Å². The largest absolute Gasteiger partial charge is 0.423 e. The Kier molecular flexibility index (Phi) is 1.86. The maximum atomic E-state index is 12.5. The molecule has 1 amide bonds. The minimum atomic E-state index is -0.534. The number of nitrogens with one attached hydrogen (secondary N) is 2. The van der Waals surface area contributed by atoms with Gasteiger partial charge >= 0.3 is 6.09 Å². The number of hydrazine groups is 1. The first-order valence-corrected chi connectivity index (χ1v) is 3.73. The summed E-state index contributed by atoms with van der Waals surface area (Å²) in [5.41, 5.74) is 5.57. The average Bonchev–Trinajstić information content (AvgIpc) is 2.53. The fourth-order valence-corrected chi connectivity index (χ4v) is 1.08. The molecular weight excluding hydrogens is 175 g/mol. The van der Waals surface area contributed by atoms with Crippen molar-refractivity contribution in [3.05, 3.63) is 35.6 Å². The van der Waals surface area contributed by atoms with Crippen LogP contribution in [0.2, 0.25) is 0 Å². The molecule has 0 saturated carbocycles. The highest BCUT2D eigenvalue weighted by Gasteiger charge is 2.22. The van der Waals surface area contributed by atoms with Gasteiger partial charge in [0.25, 0.3) is 0 Å². The Morgan fingerprint density at radius 3 is 2.54 bits per heavy atom. The summed E-state index contributed by atoms with van der Waals surface area (Å²) in [7, 11) is 0. The number of hydrogen-bond acceptors (Lipinski definition) is 3. The third kappa shape index (κ3) is 1.59. The van der Waals surface area contributed by atoms with Gasteiger partial charge in [-0.1, -0.05) is 12.1 Å². The summed E-state index contributed by atoms with van der Waals surface area (Å²) in [5.74, 6) is -0.318. The van der Waals surface area contributed by atoms with Gasteiger partial charge in [-0.3, -0.25) is 5.43 Å². The fourth-order valence-electron chi connectivity index (χ4n) is 1.08. The second-order valence-electron chi connectivity index (χ2n) is 2.61. The molecule has 2 N–H and O–H groups in total. The van der Waals surface area contributed by atoms with Gasteiger partial charge in [0.1, 0.15) is 5.82 Å². The van der Waals surface area contributed by atoms with Crippen molar-refractivity contribution in [1.29, 1.82) is 0 Å². The average molecular weight is 182 g/mol. The lowest BCUT2D eigenvalue weighted by molar-refractivity contribution is 0.130. The van der Waals surface area contributed by atoms with E-state index in [1.807, 2.05) is 0 Å². The molecule has 2 rings (SSSR count). The predicted octanol–water partition coefficient (Wildman–Crippen LogP) is 1.07. The summed E-state index contributed by atoms with van der Waals surface area (Å²) in [6, 6.07) is 5.72. The van der Waals surface area contributed by atoms with E-state index in [9.17, 15) is 9.18 Å².